The summed E-state index contributed by atoms with van der Waals surface area (Å²) in [6, 6.07) is 5.27. The van der Waals surface area contributed by atoms with Gasteiger partial charge in [-0.1, -0.05) is 25.9 Å². The van der Waals surface area contributed by atoms with Crippen LogP contribution in [0.5, 0.6) is 11.5 Å². The van der Waals surface area contributed by atoms with Crippen LogP contribution in [0.1, 0.15) is 20.8 Å². The molecule has 1 N–H and O–H groups in total. The number of aromatic nitrogens is 2. The molecule has 1 aromatic heterocycles. The predicted molar refractivity (Wildman–Crippen MR) is 80.9 cm³/mol. The molecule has 0 aliphatic heterocycles. The zero-order valence-corrected chi connectivity index (χ0v) is 13.3. The number of carbonyl (C=O) groups is 1. The summed E-state index contributed by atoms with van der Waals surface area (Å²) in [7, 11) is 3.11. The third-order valence-corrected chi connectivity index (χ3v) is 2.97. The topological polar surface area (TPSA) is 86.5 Å². The van der Waals surface area contributed by atoms with Crippen molar-refractivity contribution in [1.82, 2.24) is 10.2 Å². The Bertz CT molecular complexity index is 674. The maximum absolute atomic E-state index is 11.9. The lowest BCUT2D eigenvalue weighted by atomic mass is 9.96. The van der Waals surface area contributed by atoms with E-state index in [1.165, 1.54) is 7.11 Å². The third-order valence-electron chi connectivity index (χ3n) is 2.97. The molecule has 0 atom stereocenters. The summed E-state index contributed by atoms with van der Waals surface area (Å²) >= 11 is 0. The minimum Gasteiger partial charge on any atom is -0.497 e. The van der Waals surface area contributed by atoms with Gasteiger partial charge in [0.15, 0.2) is 0 Å². The fourth-order valence-electron chi connectivity index (χ4n) is 1.64. The number of hydrogen-bond acceptors (Lipinski definition) is 6. The fraction of sp³-hybridized carbons (Fsp3) is 0.400. The summed E-state index contributed by atoms with van der Waals surface area (Å²) in [6.07, 6.45) is 0. The lowest BCUT2D eigenvalue weighted by Crippen LogP contribution is -2.27. The molecule has 0 bridgehead atoms. The van der Waals surface area contributed by atoms with Crippen LogP contribution in [0.2, 0.25) is 0 Å². The lowest BCUT2D eigenvalue weighted by molar-refractivity contribution is -0.123. The highest BCUT2D eigenvalue weighted by Crippen LogP contribution is 2.33. The highest BCUT2D eigenvalue weighted by Gasteiger charge is 2.23. The number of ether oxygens (including phenoxy) is 2. The molecule has 2 rings (SSSR count). The summed E-state index contributed by atoms with van der Waals surface area (Å²) in [5, 5.41) is 10.3. The molecule has 1 heterocycles. The van der Waals surface area contributed by atoms with Gasteiger partial charge in [-0.15, -0.1) is 5.10 Å². The molecule has 0 fully saturated rings. The standard InChI is InChI=1S/C15H19N3O4/c1-15(2,3)13(19)16-14-18-17-12(22-14)10-7-6-9(20-4)8-11(10)21-5/h6-8H,1-5H3,(H,16,18,19). The molecule has 0 saturated carbocycles. The van der Waals surface area contributed by atoms with Gasteiger partial charge in [-0.2, -0.15) is 0 Å². The van der Waals surface area contributed by atoms with Gasteiger partial charge >= 0.3 is 6.01 Å². The van der Waals surface area contributed by atoms with E-state index in [9.17, 15) is 4.79 Å². The lowest BCUT2D eigenvalue weighted by Gasteiger charge is -2.15. The van der Waals surface area contributed by atoms with Gasteiger partial charge in [0, 0.05) is 11.5 Å². The van der Waals surface area contributed by atoms with Crippen LogP contribution in [0.15, 0.2) is 22.6 Å². The van der Waals surface area contributed by atoms with Gasteiger partial charge in [0.1, 0.15) is 11.5 Å². The smallest absolute Gasteiger partial charge is 0.322 e. The Labute approximate surface area is 128 Å². The van der Waals surface area contributed by atoms with Crippen molar-refractivity contribution in [3.63, 3.8) is 0 Å². The maximum Gasteiger partial charge on any atom is 0.322 e. The van der Waals surface area contributed by atoms with Gasteiger partial charge in [-0.3, -0.25) is 10.1 Å². The number of hydrogen-bond donors (Lipinski definition) is 1. The van der Waals surface area contributed by atoms with Crippen molar-refractivity contribution in [3.8, 4) is 23.0 Å². The monoisotopic (exact) mass is 305 g/mol. The van der Waals surface area contributed by atoms with Crippen LogP contribution in [0.4, 0.5) is 6.01 Å². The van der Waals surface area contributed by atoms with E-state index in [2.05, 4.69) is 15.5 Å². The molecule has 7 nitrogen and oxygen atoms in total. The number of benzene rings is 1. The number of anilines is 1. The van der Waals surface area contributed by atoms with Gasteiger partial charge in [0.2, 0.25) is 5.91 Å². The molecule has 0 aliphatic rings. The average Bonchev–Trinajstić information content (AvgIpc) is 2.93. The molecule has 118 valence electrons. The molecule has 0 spiro atoms. The quantitative estimate of drug-likeness (QED) is 0.934. The van der Waals surface area contributed by atoms with Crippen LogP contribution < -0.4 is 14.8 Å². The van der Waals surface area contributed by atoms with Crippen LogP contribution >= 0.6 is 0 Å². The molecule has 0 unspecified atom stereocenters. The van der Waals surface area contributed by atoms with E-state index in [1.54, 1.807) is 46.1 Å². The normalized spacial score (nSPS) is 11.1. The maximum atomic E-state index is 11.9. The molecular weight excluding hydrogens is 286 g/mol. The molecule has 2 aromatic rings. The molecule has 0 radical (unpaired) electrons. The van der Waals surface area contributed by atoms with Crippen molar-refractivity contribution < 1.29 is 18.7 Å². The third kappa shape index (κ3) is 3.36. The van der Waals surface area contributed by atoms with Crippen molar-refractivity contribution in [2.24, 2.45) is 5.41 Å². The highest BCUT2D eigenvalue weighted by molar-refractivity contribution is 5.92. The Kier molecular flexibility index (Phi) is 4.35. The largest absolute Gasteiger partial charge is 0.497 e. The molecule has 7 heteroatoms. The first kappa shape index (κ1) is 15.8. The van der Waals surface area contributed by atoms with Gasteiger partial charge in [-0.25, -0.2) is 0 Å². The van der Waals surface area contributed by atoms with Crippen molar-refractivity contribution in [2.75, 3.05) is 19.5 Å². The number of rotatable bonds is 4. The van der Waals surface area contributed by atoms with Crippen LogP contribution in [0, 0.1) is 5.41 Å². The Hall–Kier alpha value is -2.57. The number of nitrogens with one attached hydrogen (secondary N) is 1. The first-order valence-corrected chi connectivity index (χ1v) is 6.72. The van der Waals surface area contributed by atoms with E-state index in [1.807, 2.05) is 0 Å². The van der Waals surface area contributed by atoms with Crippen LogP contribution in [-0.2, 0) is 4.79 Å². The second-order valence-corrected chi connectivity index (χ2v) is 5.68. The Morgan fingerprint density at radius 1 is 1.18 bits per heavy atom. The van der Waals surface area contributed by atoms with E-state index in [0.717, 1.165) is 0 Å². The second kappa shape index (κ2) is 6.05. The zero-order chi connectivity index (χ0) is 16.3. The van der Waals surface area contributed by atoms with Crippen LogP contribution in [0.3, 0.4) is 0 Å². The minimum atomic E-state index is -0.549. The van der Waals surface area contributed by atoms with Gasteiger partial charge in [0.05, 0.1) is 19.8 Å². The average molecular weight is 305 g/mol. The van der Waals surface area contributed by atoms with Crippen LogP contribution in [-0.4, -0.2) is 30.3 Å². The number of methoxy groups -OCH3 is 2. The van der Waals surface area contributed by atoms with Crippen molar-refractivity contribution in [1.29, 1.82) is 0 Å². The molecule has 22 heavy (non-hydrogen) atoms. The Morgan fingerprint density at radius 3 is 2.50 bits per heavy atom. The Morgan fingerprint density at radius 2 is 1.91 bits per heavy atom. The van der Waals surface area contributed by atoms with E-state index in [0.29, 0.717) is 17.1 Å². The first-order valence-electron chi connectivity index (χ1n) is 6.72. The Balaban J connectivity index is 2.27. The molecule has 1 amide bonds. The van der Waals surface area contributed by atoms with E-state index in [4.69, 9.17) is 13.9 Å². The van der Waals surface area contributed by atoms with Crippen molar-refractivity contribution >= 4 is 11.9 Å². The minimum absolute atomic E-state index is 0.0489. The molecule has 0 saturated heterocycles. The molecule has 1 aromatic carbocycles. The SMILES string of the molecule is COc1ccc(-c2nnc(NC(=O)C(C)(C)C)o2)c(OC)c1. The zero-order valence-electron chi connectivity index (χ0n) is 13.3. The van der Waals surface area contributed by atoms with Gasteiger partial charge < -0.3 is 13.9 Å². The van der Waals surface area contributed by atoms with E-state index < -0.39 is 5.41 Å². The van der Waals surface area contributed by atoms with E-state index >= 15 is 0 Å². The summed E-state index contributed by atoms with van der Waals surface area (Å²) < 4.78 is 15.9. The molecular formula is C15H19N3O4. The first-order chi connectivity index (χ1) is 10.3. The van der Waals surface area contributed by atoms with E-state index in [-0.39, 0.29) is 17.8 Å². The highest BCUT2D eigenvalue weighted by atomic mass is 16.5. The summed E-state index contributed by atoms with van der Waals surface area (Å²) in [6.45, 7) is 5.39. The van der Waals surface area contributed by atoms with Gasteiger partial charge in [-0.05, 0) is 12.1 Å². The molecule has 0 aliphatic carbocycles. The predicted octanol–water partition coefficient (Wildman–Crippen LogP) is 2.74. The fourth-order valence-corrected chi connectivity index (χ4v) is 1.64. The summed E-state index contributed by atoms with van der Waals surface area (Å²) in [4.78, 5) is 11.9. The number of carbonyl (C=O) groups excluding carboxylic acids is 1. The van der Waals surface area contributed by atoms with Gasteiger partial charge in [0.25, 0.3) is 5.89 Å². The summed E-state index contributed by atoms with van der Waals surface area (Å²) in [5.41, 5.74) is 0.0685. The van der Waals surface area contributed by atoms with Crippen molar-refractivity contribution in [2.45, 2.75) is 20.8 Å². The summed E-state index contributed by atoms with van der Waals surface area (Å²) in [5.74, 6) is 1.24. The van der Waals surface area contributed by atoms with Crippen LogP contribution in [0.25, 0.3) is 11.5 Å². The number of amides is 1. The van der Waals surface area contributed by atoms with Crippen molar-refractivity contribution in [3.05, 3.63) is 18.2 Å². The number of nitrogens with zero attached hydrogens (tertiary/aromatic N) is 2. The second-order valence-electron chi connectivity index (χ2n) is 5.68.